The molecule has 0 aliphatic heterocycles. The number of hydrogen-bond donors (Lipinski definition) is 2. The molecule has 0 fully saturated rings. The van der Waals surface area contributed by atoms with Crippen molar-refractivity contribution in [3.8, 4) is 0 Å². The Morgan fingerprint density at radius 1 is 1.28 bits per heavy atom. The van der Waals surface area contributed by atoms with Crippen LogP contribution >= 0.6 is 22.9 Å². The topological polar surface area (TPSA) is 86.8 Å². The number of rotatable bonds is 10. The molecule has 10 heteroatoms. The summed E-state index contributed by atoms with van der Waals surface area (Å²) in [4.78, 5) is 32.8. The summed E-state index contributed by atoms with van der Waals surface area (Å²) in [6.45, 7) is 2.32. The van der Waals surface area contributed by atoms with Crippen molar-refractivity contribution in [3.63, 3.8) is 0 Å². The number of urea groups is 1. The molecule has 0 atom stereocenters. The number of thiazole rings is 1. The van der Waals surface area contributed by atoms with Crippen LogP contribution in [0.4, 0.5) is 10.5 Å². The van der Waals surface area contributed by atoms with Gasteiger partial charge in [-0.25, -0.2) is 9.78 Å². The molecule has 1 aromatic heterocycles. The molecule has 3 amide bonds. The van der Waals surface area contributed by atoms with Gasteiger partial charge in [-0.3, -0.25) is 4.79 Å². The van der Waals surface area contributed by atoms with Crippen molar-refractivity contribution in [2.45, 2.75) is 6.54 Å². The smallest absolute Gasteiger partial charge is 0.322 e. The van der Waals surface area contributed by atoms with Gasteiger partial charge in [0.2, 0.25) is 0 Å². The van der Waals surface area contributed by atoms with Gasteiger partial charge < -0.3 is 25.2 Å². The van der Waals surface area contributed by atoms with Gasteiger partial charge in [-0.05, 0) is 32.3 Å². The Balaban J connectivity index is 1.99. The number of benzene rings is 1. The van der Waals surface area contributed by atoms with Crippen molar-refractivity contribution < 1.29 is 14.3 Å². The largest absolute Gasteiger partial charge is 0.383 e. The van der Waals surface area contributed by atoms with Crippen LogP contribution in [0, 0.1) is 0 Å². The molecule has 2 rings (SSSR count). The van der Waals surface area contributed by atoms with E-state index in [0.717, 1.165) is 6.54 Å². The Kier molecular flexibility index (Phi) is 9.33. The van der Waals surface area contributed by atoms with E-state index >= 15 is 0 Å². The Labute approximate surface area is 179 Å². The van der Waals surface area contributed by atoms with E-state index in [1.165, 1.54) is 11.3 Å². The number of anilines is 1. The molecule has 1 aromatic carbocycles. The van der Waals surface area contributed by atoms with E-state index in [1.807, 2.05) is 19.0 Å². The molecule has 0 spiro atoms. The summed E-state index contributed by atoms with van der Waals surface area (Å²) < 4.78 is 5.11. The number of amides is 3. The molecule has 0 radical (unpaired) electrons. The highest BCUT2D eigenvalue weighted by atomic mass is 35.5. The molecule has 0 bridgehead atoms. The predicted octanol–water partition coefficient (Wildman–Crippen LogP) is 2.77. The van der Waals surface area contributed by atoms with Crippen LogP contribution < -0.4 is 10.6 Å². The molecule has 0 saturated heterocycles. The van der Waals surface area contributed by atoms with E-state index in [1.54, 1.807) is 41.7 Å². The number of nitrogens with one attached hydrogen (secondary N) is 2. The summed E-state index contributed by atoms with van der Waals surface area (Å²) in [6, 6.07) is 6.64. The molecular formula is C19H26ClN5O3S. The van der Waals surface area contributed by atoms with Gasteiger partial charge in [-0.1, -0.05) is 17.7 Å². The van der Waals surface area contributed by atoms with Gasteiger partial charge in [0, 0.05) is 42.8 Å². The minimum atomic E-state index is -0.295. The summed E-state index contributed by atoms with van der Waals surface area (Å²) in [5.74, 6) is -0.221. The zero-order chi connectivity index (χ0) is 21.2. The van der Waals surface area contributed by atoms with Crippen molar-refractivity contribution in [1.82, 2.24) is 20.1 Å². The van der Waals surface area contributed by atoms with Crippen LogP contribution in [0.1, 0.15) is 15.5 Å². The van der Waals surface area contributed by atoms with Gasteiger partial charge in [0.15, 0.2) is 0 Å². The van der Waals surface area contributed by atoms with Crippen LogP contribution in [0.5, 0.6) is 0 Å². The molecule has 2 N–H and O–H groups in total. The molecule has 2 aromatic rings. The van der Waals surface area contributed by atoms with Gasteiger partial charge in [-0.2, -0.15) is 0 Å². The summed E-state index contributed by atoms with van der Waals surface area (Å²) >= 11 is 7.31. The van der Waals surface area contributed by atoms with Crippen LogP contribution in [0.15, 0.2) is 29.6 Å². The van der Waals surface area contributed by atoms with Crippen molar-refractivity contribution in [2.75, 3.05) is 52.8 Å². The van der Waals surface area contributed by atoms with Gasteiger partial charge in [0.1, 0.15) is 10.7 Å². The predicted molar refractivity (Wildman–Crippen MR) is 116 cm³/mol. The highest BCUT2D eigenvalue weighted by molar-refractivity contribution is 7.09. The number of likely N-dealkylation sites (N-methyl/N-ethyl adjacent to an activating group) is 1. The summed E-state index contributed by atoms with van der Waals surface area (Å²) in [5.41, 5.74) is 0.954. The molecule has 158 valence electrons. The zero-order valence-electron chi connectivity index (χ0n) is 16.8. The summed E-state index contributed by atoms with van der Waals surface area (Å²) in [6.07, 6.45) is 0. The number of hydrogen-bond acceptors (Lipinski definition) is 6. The number of ether oxygens (including phenoxy) is 1. The number of carbonyl (C=O) groups is 2. The second-order valence-corrected chi connectivity index (χ2v) is 7.92. The van der Waals surface area contributed by atoms with Gasteiger partial charge in [0.05, 0.1) is 13.2 Å². The molecule has 0 unspecified atom stereocenters. The Bertz CT molecular complexity index is 815. The van der Waals surface area contributed by atoms with Crippen LogP contribution in [-0.4, -0.2) is 74.2 Å². The standard InChI is InChI=1S/C19H26ClN5O3S/c1-24(2)8-7-21-18(26)16-13-29-17(23-16)12-25(9-10-28-3)19(27)22-15-6-4-5-14(20)11-15/h4-6,11,13H,7-10,12H2,1-3H3,(H,21,26)(H,22,27). The number of carbonyl (C=O) groups excluding carboxylic acids is 2. The molecule has 0 aliphatic rings. The third-order valence-corrected chi connectivity index (χ3v) is 4.95. The molecule has 29 heavy (non-hydrogen) atoms. The maximum absolute atomic E-state index is 12.7. The lowest BCUT2D eigenvalue weighted by Crippen LogP contribution is -2.37. The first-order valence-electron chi connectivity index (χ1n) is 9.07. The fourth-order valence-electron chi connectivity index (χ4n) is 2.36. The summed E-state index contributed by atoms with van der Waals surface area (Å²) in [5, 5.41) is 8.55. The maximum atomic E-state index is 12.7. The average Bonchev–Trinajstić information content (AvgIpc) is 3.13. The van der Waals surface area contributed by atoms with Gasteiger partial charge in [-0.15, -0.1) is 11.3 Å². The van der Waals surface area contributed by atoms with Crippen molar-refractivity contribution in [1.29, 1.82) is 0 Å². The fraction of sp³-hybridized carbons (Fsp3) is 0.421. The van der Waals surface area contributed by atoms with E-state index in [2.05, 4.69) is 15.6 Å². The lowest BCUT2D eigenvalue weighted by Gasteiger charge is -2.21. The first-order chi connectivity index (χ1) is 13.9. The summed E-state index contributed by atoms with van der Waals surface area (Å²) in [7, 11) is 5.46. The molecule has 0 aliphatic carbocycles. The van der Waals surface area contributed by atoms with E-state index in [0.29, 0.717) is 41.1 Å². The highest BCUT2D eigenvalue weighted by Crippen LogP contribution is 2.17. The quantitative estimate of drug-likeness (QED) is 0.594. The van der Waals surface area contributed by atoms with Crippen LogP contribution in [0.2, 0.25) is 5.02 Å². The van der Waals surface area contributed by atoms with Crippen LogP contribution in [0.3, 0.4) is 0 Å². The van der Waals surface area contributed by atoms with E-state index in [9.17, 15) is 9.59 Å². The van der Waals surface area contributed by atoms with Crippen molar-refractivity contribution in [3.05, 3.63) is 45.4 Å². The lowest BCUT2D eigenvalue weighted by molar-refractivity contribution is 0.0946. The second kappa shape index (κ2) is 11.7. The Hall–Kier alpha value is -2.20. The van der Waals surface area contributed by atoms with E-state index in [4.69, 9.17) is 16.3 Å². The highest BCUT2D eigenvalue weighted by Gasteiger charge is 2.18. The van der Waals surface area contributed by atoms with E-state index < -0.39 is 0 Å². The maximum Gasteiger partial charge on any atom is 0.322 e. The third kappa shape index (κ3) is 7.98. The van der Waals surface area contributed by atoms with Gasteiger partial charge >= 0.3 is 6.03 Å². The minimum Gasteiger partial charge on any atom is -0.383 e. The number of aromatic nitrogens is 1. The number of methoxy groups -OCH3 is 1. The monoisotopic (exact) mass is 439 g/mol. The average molecular weight is 440 g/mol. The van der Waals surface area contributed by atoms with E-state index in [-0.39, 0.29) is 18.5 Å². The van der Waals surface area contributed by atoms with Crippen LogP contribution in [0.25, 0.3) is 0 Å². The first kappa shape index (κ1) is 23.1. The Morgan fingerprint density at radius 2 is 2.07 bits per heavy atom. The third-order valence-electron chi connectivity index (χ3n) is 3.88. The second-order valence-electron chi connectivity index (χ2n) is 6.54. The molecule has 0 saturated carbocycles. The first-order valence-corrected chi connectivity index (χ1v) is 10.3. The number of halogens is 1. The Morgan fingerprint density at radius 3 is 2.76 bits per heavy atom. The minimum absolute atomic E-state index is 0.221. The fourth-order valence-corrected chi connectivity index (χ4v) is 3.34. The number of nitrogens with zero attached hydrogens (tertiary/aromatic N) is 3. The molecular weight excluding hydrogens is 414 g/mol. The normalized spacial score (nSPS) is 10.8. The van der Waals surface area contributed by atoms with Crippen LogP contribution in [-0.2, 0) is 11.3 Å². The molecule has 8 nitrogen and oxygen atoms in total. The zero-order valence-corrected chi connectivity index (χ0v) is 18.3. The molecule has 1 heterocycles. The SMILES string of the molecule is COCCN(Cc1nc(C(=O)NCCN(C)C)cs1)C(=O)Nc1cccc(Cl)c1. The van der Waals surface area contributed by atoms with Crippen molar-refractivity contribution in [2.24, 2.45) is 0 Å². The lowest BCUT2D eigenvalue weighted by atomic mass is 10.3. The van der Waals surface area contributed by atoms with Gasteiger partial charge in [0.25, 0.3) is 5.91 Å². The van der Waals surface area contributed by atoms with Crippen molar-refractivity contribution >= 4 is 40.6 Å².